The number of carbonyl (C=O) groups is 3. The first-order valence-corrected chi connectivity index (χ1v) is 14.6. The Morgan fingerprint density at radius 2 is 1.64 bits per heavy atom. The van der Waals surface area contributed by atoms with Gasteiger partial charge in [0, 0.05) is 16.6 Å². The summed E-state index contributed by atoms with van der Waals surface area (Å²) in [5.74, 6) is -0.288. The minimum Gasteiger partial charge on any atom is -0.444 e. The maximum atomic E-state index is 13.5. The monoisotopic (exact) mass is 640 g/mol. The van der Waals surface area contributed by atoms with Crippen molar-refractivity contribution < 1.29 is 37.0 Å². The minimum atomic E-state index is -4.48. The number of benzene rings is 3. The van der Waals surface area contributed by atoms with Gasteiger partial charge in [-0.25, -0.2) is 14.6 Å². The number of hydrogen-bond donors (Lipinski definition) is 3. The van der Waals surface area contributed by atoms with Crippen molar-refractivity contribution in [2.75, 3.05) is 10.6 Å². The fraction of sp³-hybridized carbons (Fsp3) is 0.250. The third kappa shape index (κ3) is 9.29. The fourth-order valence-corrected chi connectivity index (χ4v) is 5.06. The van der Waals surface area contributed by atoms with Gasteiger partial charge in [-0.2, -0.15) is 13.2 Å². The molecule has 4 aromatic rings. The number of nitrogens with one attached hydrogen (secondary N) is 2. The molecule has 45 heavy (non-hydrogen) atoms. The number of primary amides is 1. The van der Waals surface area contributed by atoms with Crippen LogP contribution in [0, 0.1) is 6.92 Å². The van der Waals surface area contributed by atoms with Crippen molar-refractivity contribution in [3.63, 3.8) is 0 Å². The van der Waals surface area contributed by atoms with Crippen molar-refractivity contribution in [3.05, 3.63) is 94.0 Å². The molecule has 0 fully saturated rings. The van der Waals surface area contributed by atoms with Crippen LogP contribution in [0.3, 0.4) is 0 Å². The van der Waals surface area contributed by atoms with E-state index in [9.17, 15) is 27.6 Å². The molecule has 1 aromatic heterocycles. The van der Waals surface area contributed by atoms with Crippen molar-refractivity contribution in [1.29, 1.82) is 0 Å². The van der Waals surface area contributed by atoms with Gasteiger partial charge in [-0.1, -0.05) is 29.8 Å². The third-order valence-electron chi connectivity index (χ3n) is 6.28. The lowest BCUT2D eigenvalue weighted by Crippen LogP contribution is -2.27. The molecule has 4 N–H and O–H groups in total. The number of aryl methyl sites for hydroxylation is 3. The molecule has 3 amide bonds. The predicted octanol–water partition coefficient (Wildman–Crippen LogP) is 7.98. The van der Waals surface area contributed by atoms with Crippen LogP contribution >= 0.6 is 11.3 Å². The summed E-state index contributed by atoms with van der Waals surface area (Å²) >= 11 is 1.22. The summed E-state index contributed by atoms with van der Waals surface area (Å²) in [6.07, 6.45) is -5.38. The number of anilines is 2. The number of nitrogens with zero attached hydrogens (tertiary/aromatic N) is 1. The van der Waals surface area contributed by atoms with Crippen LogP contribution in [0.25, 0.3) is 11.1 Å². The van der Waals surface area contributed by atoms with Gasteiger partial charge in [0.1, 0.15) is 11.4 Å². The highest BCUT2D eigenvalue weighted by atomic mass is 32.1. The minimum absolute atomic E-state index is 0.198. The van der Waals surface area contributed by atoms with E-state index in [0.29, 0.717) is 46.0 Å². The summed E-state index contributed by atoms with van der Waals surface area (Å²) in [5, 5.41) is 7.55. The molecule has 1 heterocycles. The number of ether oxygens (including phenoxy) is 2. The van der Waals surface area contributed by atoms with Gasteiger partial charge in [-0.05, 0) is 93.6 Å². The quantitative estimate of drug-likeness (QED) is 0.179. The van der Waals surface area contributed by atoms with Crippen LogP contribution in [-0.4, -0.2) is 28.7 Å². The summed E-state index contributed by atoms with van der Waals surface area (Å²) in [5.41, 5.74) is 7.35. The average molecular weight is 641 g/mol. The van der Waals surface area contributed by atoms with Crippen LogP contribution in [-0.2, 0) is 23.8 Å². The largest absolute Gasteiger partial charge is 0.444 e. The molecule has 13 heteroatoms. The van der Waals surface area contributed by atoms with Crippen LogP contribution in [0.4, 0.5) is 33.6 Å². The van der Waals surface area contributed by atoms with Crippen molar-refractivity contribution in [3.8, 4) is 16.9 Å². The second-order valence-corrected chi connectivity index (χ2v) is 12.0. The summed E-state index contributed by atoms with van der Waals surface area (Å²) in [7, 11) is 0. The molecular formula is C32H31F3N4O5S. The van der Waals surface area contributed by atoms with Gasteiger partial charge in [0.15, 0.2) is 5.13 Å². The highest BCUT2D eigenvalue weighted by Gasteiger charge is 2.30. The molecule has 0 saturated carbocycles. The summed E-state index contributed by atoms with van der Waals surface area (Å²) < 4.78 is 49.7. The molecule has 0 bridgehead atoms. The van der Waals surface area contributed by atoms with Crippen LogP contribution < -0.4 is 21.1 Å². The smallest absolute Gasteiger partial charge is 0.416 e. The average Bonchev–Trinajstić information content (AvgIpc) is 3.38. The maximum Gasteiger partial charge on any atom is 0.416 e. The van der Waals surface area contributed by atoms with E-state index in [-0.39, 0.29) is 11.3 Å². The Bertz CT molecular complexity index is 1710. The van der Waals surface area contributed by atoms with Crippen LogP contribution in [0.5, 0.6) is 5.75 Å². The number of alkyl halides is 3. The molecule has 0 aliphatic heterocycles. The van der Waals surface area contributed by atoms with Gasteiger partial charge in [-0.3, -0.25) is 10.1 Å². The number of nitrogens with two attached hydrogens (primary N) is 1. The first kappa shape index (κ1) is 33.0. The molecular weight excluding hydrogens is 609 g/mol. The van der Waals surface area contributed by atoms with E-state index in [1.807, 2.05) is 0 Å². The molecule has 0 unspecified atom stereocenters. The lowest BCUT2D eigenvalue weighted by molar-refractivity contribution is -0.137. The summed E-state index contributed by atoms with van der Waals surface area (Å²) in [6.45, 7) is 7.05. The zero-order valence-electron chi connectivity index (χ0n) is 24.9. The van der Waals surface area contributed by atoms with Gasteiger partial charge in [0.2, 0.25) is 0 Å². The zero-order chi connectivity index (χ0) is 32.9. The summed E-state index contributed by atoms with van der Waals surface area (Å²) in [4.78, 5) is 41.5. The maximum absolute atomic E-state index is 13.5. The highest BCUT2D eigenvalue weighted by Crippen LogP contribution is 2.33. The lowest BCUT2D eigenvalue weighted by atomic mass is 9.96. The topological polar surface area (TPSA) is 133 Å². The van der Waals surface area contributed by atoms with E-state index in [0.717, 1.165) is 17.7 Å². The van der Waals surface area contributed by atoms with Gasteiger partial charge in [-0.15, -0.1) is 11.3 Å². The Kier molecular flexibility index (Phi) is 9.81. The molecule has 236 valence electrons. The number of amides is 3. The number of hydrogen-bond acceptors (Lipinski definition) is 7. The van der Waals surface area contributed by atoms with Crippen molar-refractivity contribution in [1.82, 2.24) is 4.98 Å². The third-order valence-corrected chi connectivity index (χ3v) is 7.09. The van der Waals surface area contributed by atoms with Gasteiger partial charge in [0.25, 0.3) is 5.91 Å². The van der Waals surface area contributed by atoms with Gasteiger partial charge in [0.05, 0.1) is 11.3 Å². The Morgan fingerprint density at radius 1 is 0.933 bits per heavy atom. The van der Waals surface area contributed by atoms with Crippen molar-refractivity contribution in [2.24, 2.45) is 5.73 Å². The second kappa shape index (κ2) is 13.4. The number of halogens is 3. The molecule has 9 nitrogen and oxygen atoms in total. The SMILES string of the molecule is Cc1ccc(-c2ccc(C(F)(F)F)cc2)c(C(=O)Nc2ccc(OC(N)=O)c(CCc3csc(NC(=O)OC(C)(C)C)n3)c2)c1. The van der Waals surface area contributed by atoms with Crippen LogP contribution in [0.15, 0.2) is 66.0 Å². The second-order valence-electron chi connectivity index (χ2n) is 11.1. The molecule has 4 rings (SSSR count). The number of carbonyl (C=O) groups excluding carboxylic acids is 3. The lowest BCUT2D eigenvalue weighted by Gasteiger charge is -2.18. The van der Waals surface area contributed by atoms with Crippen LogP contribution in [0.2, 0.25) is 0 Å². The molecule has 0 saturated heterocycles. The van der Waals surface area contributed by atoms with Gasteiger partial charge < -0.3 is 20.5 Å². The Labute approximate surface area is 261 Å². The van der Waals surface area contributed by atoms with E-state index in [1.54, 1.807) is 63.4 Å². The zero-order valence-corrected chi connectivity index (χ0v) is 25.7. The Balaban J connectivity index is 1.53. The number of rotatable bonds is 8. The van der Waals surface area contributed by atoms with E-state index in [2.05, 4.69) is 15.6 Å². The van der Waals surface area contributed by atoms with Crippen molar-refractivity contribution in [2.45, 2.75) is 52.3 Å². The first-order valence-electron chi connectivity index (χ1n) is 13.7. The van der Waals surface area contributed by atoms with E-state index >= 15 is 0 Å². The molecule has 0 spiro atoms. The molecule has 3 aromatic carbocycles. The van der Waals surface area contributed by atoms with E-state index in [1.165, 1.54) is 29.5 Å². The predicted molar refractivity (Wildman–Crippen MR) is 166 cm³/mol. The summed E-state index contributed by atoms with van der Waals surface area (Å²) in [6, 6.07) is 14.4. The van der Waals surface area contributed by atoms with E-state index < -0.39 is 35.4 Å². The molecule has 0 atom stereocenters. The Hall–Kier alpha value is -4.91. The van der Waals surface area contributed by atoms with E-state index in [4.69, 9.17) is 15.2 Å². The first-order chi connectivity index (χ1) is 21.1. The highest BCUT2D eigenvalue weighted by molar-refractivity contribution is 7.13. The number of thiazole rings is 1. The molecule has 0 radical (unpaired) electrons. The molecule has 0 aliphatic rings. The van der Waals surface area contributed by atoms with Gasteiger partial charge >= 0.3 is 18.4 Å². The number of aromatic nitrogens is 1. The molecule has 0 aliphatic carbocycles. The normalized spacial score (nSPS) is 11.5. The van der Waals surface area contributed by atoms with Crippen molar-refractivity contribution >= 4 is 40.2 Å². The fourth-order valence-electron chi connectivity index (χ4n) is 4.33. The van der Waals surface area contributed by atoms with Crippen LogP contribution in [0.1, 0.15) is 53.5 Å². The Morgan fingerprint density at radius 3 is 2.29 bits per heavy atom. The standard InChI is InChI=1S/C32H31F3N4O5S/c1-18-5-13-24(19-6-9-21(10-7-19)32(33,34)35)25(15-18)27(40)37-22-12-14-26(43-28(36)41)20(16-22)8-11-23-17-45-29(38-23)39-30(42)44-31(2,3)4/h5-7,9-10,12-17H,8,11H2,1-4H3,(H2,36,41)(H,37,40)(H,38,39,42).